The third kappa shape index (κ3) is 6.22. The molecular formula is C16H24FN3O2. The molecular weight excluding hydrogens is 285 g/mol. The molecule has 0 aliphatic carbocycles. The molecule has 1 aromatic rings. The minimum absolute atomic E-state index is 0.312. The van der Waals surface area contributed by atoms with Gasteiger partial charge in [0.2, 0.25) is 5.91 Å². The number of halogens is 1. The fourth-order valence-electron chi connectivity index (χ4n) is 1.85. The molecule has 0 bridgehead atoms. The van der Waals surface area contributed by atoms with E-state index in [0.717, 1.165) is 5.56 Å². The molecule has 0 fully saturated rings. The predicted molar refractivity (Wildman–Crippen MR) is 83.8 cm³/mol. The quantitative estimate of drug-likeness (QED) is 0.897. The Morgan fingerprint density at radius 2 is 1.95 bits per heavy atom. The number of carbonyl (C=O) groups is 2. The van der Waals surface area contributed by atoms with Gasteiger partial charge in [-0.25, -0.2) is 9.18 Å². The van der Waals surface area contributed by atoms with E-state index in [1.807, 2.05) is 20.8 Å². The van der Waals surface area contributed by atoms with Crippen LogP contribution in [0.2, 0.25) is 0 Å². The highest BCUT2D eigenvalue weighted by molar-refractivity contribution is 5.97. The number of carbonyl (C=O) groups excluding carboxylic acids is 2. The van der Waals surface area contributed by atoms with Crippen molar-refractivity contribution in [1.29, 1.82) is 0 Å². The van der Waals surface area contributed by atoms with Crippen LogP contribution in [-0.2, 0) is 11.3 Å². The van der Waals surface area contributed by atoms with Crippen LogP contribution in [0, 0.1) is 5.82 Å². The lowest BCUT2D eigenvalue weighted by atomic mass is 10.1. The Hall–Kier alpha value is -1.95. The van der Waals surface area contributed by atoms with E-state index in [-0.39, 0.29) is 5.82 Å². The van der Waals surface area contributed by atoms with Crippen molar-refractivity contribution in [2.24, 2.45) is 0 Å². The van der Waals surface area contributed by atoms with Crippen molar-refractivity contribution in [3.63, 3.8) is 0 Å². The summed E-state index contributed by atoms with van der Waals surface area (Å²) < 4.78 is 13.2. The van der Waals surface area contributed by atoms with Gasteiger partial charge in [0.25, 0.3) is 0 Å². The maximum absolute atomic E-state index is 13.2. The van der Waals surface area contributed by atoms with Gasteiger partial charge in [0.05, 0.1) is 6.04 Å². The summed E-state index contributed by atoms with van der Waals surface area (Å²) in [5, 5.41) is 4.97. The van der Waals surface area contributed by atoms with Gasteiger partial charge in [-0.2, -0.15) is 0 Å². The minimum Gasteiger partial charge on any atom is -0.333 e. The van der Waals surface area contributed by atoms with E-state index in [2.05, 4.69) is 10.6 Å². The molecule has 2 N–H and O–H groups in total. The van der Waals surface area contributed by atoms with Gasteiger partial charge in [0.1, 0.15) is 5.82 Å². The molecule has 0 saturated carbocycles. The summed E-state index contributed by atoms with van der Waals surface area (Å²) in [6.07, 6.45) is 0. The number of hydrogen-bond acceptors (Lipinski definition) is 3. The standard InChI is InChI=1S/C16H24FN3O2/c1-11(14(21)18-15(22)19-16(2,3)4)20(5)10-12-7-6-8-13(17)9-12/h6-9,11H,10H2,1-5H3,(H2,18,19,21,22). The number of likely N-dealkylation sites (N-methyl/N-ethyl adjacent to an activating group) is 1. The largest absolute Gasteiger partial charge is 0.333 e. The Labute approximate surface area is 130 Å². The highest BCUT2D eigenvalue weighted by Gasteiger charge is 2.22. The summed E-state index contributed by atoms with van der Waals surface area (Å²) in [7, 11) is 1.75. The van der Waals surface area contributed by atoms with Crippen LogP contribution in [0.5, 0.6) is 0 Å². The molecule has 0 heterocycles. The van der Waals surface area contributed by atoms with Gasteiger partial charge < -0.3 is 5.32 Å². The molecule has 0 aromatic heterocycles. The lowest BCUT2D eigenvalue weighted by Gasteiger charge is -2.25. The third-order valence-corrected chi connectivity index (χ3v) is 3.09. The molecule has 1 atom stereocenters. The topological polar surface area (TPSA) is 61.4 Å². The summed E-state index contributed by atoms with van der Waals surface area (Å²) in [6.45, 7) is 7.59. The van der Waals surface area contributed by atoms with Crippen LogP contribution in [0.1, 0.15) is 33.3 Å². The highest BCUT2D eigenvalue weighted by Crippen LogP contribution is 2.08. The highest BCUT2D eigenvalue weighted by atomic mass is 19.1. The van der Waals surface area contributed by atoms with E-state index in [4.69, 9.17) is 0 Å². The van der Waals surface area contributed by atoms with Crippen molar-refractivity contribution in [2.75, 3.05) is 7.05 Å². The van der Waals surface area contributed by atoms with Crippen molar-refractivity contribution in [3.8, 4) is 0 Å². The number of imide groups is 1. The number of amides is 3. The van der Waals surface area contributed by atoms with Gasteiger partial charge in [-0.15, -0.1) is 0 Å². The maximum Gasteiger partial charge on any atom is 0.321 e. The maximum atomic E-state index is 13.2. The number of rotatable bonds is 4. The van der Waals surface area contributed by atoms with E-state index in [1.54, 1.807) is 31.0 Å². The van der Waals surface area contributed by atoms with Crippen LogP contribution in [0.25, 0.3) is 0 Å². The SMILES string of the molecule is CC(C(=O)NC(=O)NC(C)(C)C)N(C)Cc1cccc(F)c1. The van der Waals surface area contributed by atoms with Crippen molar-refractivity contribution >= 4 is 11.9 Å². The first-order chi connectivity index (χ1) is 10.1. The summed E-state index contributed by atoms with van der Waals surface area (Å²) in [4.78, 5) is 25.5. The summed E-state index contributed by atoms with van der Waals surface area (Å²) >= 11 is 0. The van der Waals surface area contributed by atoms with E-state index < -0.39 is 23.5 Å². The molecule has 22 heavy (non-hydrogen) atoms. The molecule has 3 amide bonds. The molecule has 6 heteroatoms. The molecule has 0 aliphatic rings. The zero-order valence-electron chi connectivity index (χ0n) is 13.7. The fraction of sp³-hybridized carbons (Fsp3) is 0.500. The van der Waals surface area contributed by atoms with Gasteiger partial charge in [-0.1, -0.05) is 12.1 Å². The van der Waals surface area contributed by atoms with E-state index in [0.29, 0.717) is 6.54 Å². The zero-order valence-corrected chi connectivity index (χ0v) is 13.7. The van der Waals surface area contributed by atoms with Crippen LogP contribution in [-0.4, -0.2) is 35.5 Å². The second-order valence-electron chi connectivity index (χ2n) is 6.41. The Morgan fingerprint density at radius 3 is 2.50 bits per heavy atom. The minimum atomic E-state index is -0.525. The predicted octanol–water partition coefficient (Wildman–Crippen LogP) is 2.27. The molecule has 1 unspecified atom stereocenters. The van der Waals surface area contributed by atoms with Gasteiger partial charge in [-0.05, 0) is 52.4 Å². The first kappa shape index (κ1) is 18.1. The van der Waals surface area contributed by atoms with Gasteiger partial charge in [0.15, 0.2) is 0 Å². The Bertz CT molecular complexity index is 540. The molecule has 0 radical (unpaired) electrons. The average molecular weight is 309 g/mol. The second kappa shape index (κ2) is 7.35. The van der Waals surface area contributed by atoms with E-state index >= 15 is 0 Å². The monoisotopic (exact) mass is 309 g/mol. The van der Waals surface area contributed by atoms with E-state index in [1.165, 1.54) is 12.1 Å². The van der Waals surface area contributed by atoms with Crippen LogP contribution in [0.4, 0.5) is 9.18 Å². The summed E-state index contributed by atoms with van der Waals surface area (Å²) in [5.41, 5.74) is 0.349. The number of nitrogens with one attached hydrogen (secondary N) is 2. The Morgan fingerprint density at radius 1 is 1.32 bits per heavy atom. The van der Waals surface area contributed by atoms with Crippen LogP contribution >= 0.6 is 0 Å². The fourth-order valence-corrected chi connectivity index (χ4v) is 1.85. The molecule has 0 spiro atoms. The number of nitrogens with zero attached hydrogens (tertiary/aromatic N) is 1. The molecule has 1 rings (SSSR count). The van der Waals surface area contributed by atoms with Crippen molar-refractivity contribution < 1.29 is 14.0 Å². The Kier molecular flexibility index (Phi) is 6.05. The van der Waals surface area contributed by atoms with Crippen molar-refractivity contribution in [2.45, 2.75) is 45.8 Å². The Balaban J connectivity index is 2.57. The smallest absolute Gasteiger partial charge is 0.321 e. The normalized spacial score (nSPS) is 12.9. The summed E-state index contributed by atoms with van der Waals surface area (Å²) in [5.74, 6) is -0.715. The van der Waals surface area contributed by atoms with E-state index in [9.17, 15) is 14.0 Å². The molecule has 5 nitrogen and oxygen atoms in total. The van der Waals surface area contributed by atoms with Crippen LogP contribution < -0.4 is 10.6 Å². The summed E-state index contributed by atoms with van der Waals surface area (Å²) in [6, 6.07) is 5.16. The molecule has 122 valence electrons. The number of urea groups is 1. The molecule has 0 aliphatic heterocycles. The second-order valence-corrected chi connectivity index (χ2v) is 6.41. The van der Waals surface area contributed by atoms with Crippen LogP contribution in [0.15, 0.2) is 24.3 Å². The van der Waals surface area contributed by atoms with Crippen molar-refractivity contribution in [1.82, 2.24) is 15.5 Å². The van der Waals surface area contributed by atoms with Crippen LogP contribution in [0.3, 0.4) is 0 Å². The molecule has 1 aromatic carbocycles. The van der Waals surface area contributed by atoms with Gasteiger partial charge in [0, 0.05) is 12.1 Å². The lowest BCUT2D eigenvalue weighted by molar-refractivity contribution is -0.124. The zero-order chi connectivity index (χ0) is 16.9. The lowest BCUT2D eigenvalue weighted by Crippen LogP contribution is -2.52. The first-order valence-electron chi connectivity index (χ1n) is 7.16. The number of hydrogen-bond donors (Lipinski definition) is 2. The number of benzene rings is 1. The van der Waals surface area contributed by atoms with Crippen molar-refractivity contribution in [3.05, 3.63) is 35.6 Å². The molecule has 0 saturated heterocycles. The third-order valence-electron chi connectivity index (χ3n) is 3.09. The average Bonchev–Trinajstić information content (AvgIpc) is 2.35. The van der Waals surface area contributed by atoms with Gasteiger partial charge in [-0.3, -0.25) is 15.0 Å². The van der Waals surface area contributed by atoms with Gasteiger partial charge >= 0.3 is 6.03 Å². The first-order valence-corrected chi connectivity index (χ1v) is 7.16.